The number of hydrogen-bond donors (Lipinski definition) is 2. The van der Waals surface area contributed by atoms with E-state index in [0.29, 0.717) is 5.13 Å². The van der Waals surface area contributed by atoms with Crippen molar-refractivity contribution in [3.63, 3.8) is 0 Å². The Labute approximate surface area is 132 Å². The lowest BCUT2D eigenvalue weighted by Crippen LogP contribution is -3.00. The number of nitrogens with one attached hydrogen (secondary N) is 1. The van der Waals surface area contributed by atoms with Crippen LogP contribution in [0.3, 0.4) is 0 Å². The third-order valence-electron chi connectivity index (χ3n) is 1.97. The van der Waals surface area contributed by atoms with Gasteiger partial charge in [0.15, 0.2) is 5.69 Å². The van der Waals surface area contributed by atoms with Gasteiger partial charge in [-0.3, -0.25) is 5.43 Å². The fraction of sp³-hybridized carbons (Fsp3) is 0. The summed E-state index contributed by atoms with van der Waals surface area (Å²) in [5, 5.41) is 14.6. The molecule has 100 valence electrons. The number of carboxylic acids is 1. The second-order valence-electron chi connectivity index (χ2n) is 3.26. The molecule has 0 radical (unpaired) electrons. The van der Waals surface area contributed by atoms with E-state index in [9.17, 15) is 4.79 Å². The van der Waals surface area contributed by atoms with Crippen molar-refractivity contribution in [3.05, 3.63) is 45.4 Å². The number of hydrogen-bond acceptors (Lipinski definition) is 5. The van der Waals surface area contributed by atoms with Gasteiger partial charge in [0.05, 0.1) is 6.21 Å². The molecule has 0 saturated heterocycles. The second kappa shape index (κ2) is 7.37. The maximum absolute atomic E-state index is 10.6. The summed E-state index contributed by atoms with van der Waals surface area (Å²) in [6, 6.07) is 7.63. The maximum atomic E-state index is 10.6. The van der Waals surface area contributed by atoms with Crippen molar-refractivity contribution in [2.24, 2.45) is 5.10 Å². The lowest BCUT2D eigenvalue weighted by Gasteiger charge is -1.94. The van der Waals surface area contributed by atoms with Crippen LogP contribution in [0.15, 0.2) is 39.2 Å². The van der Waals surface area contributed by atoms with Crippen molar-refractivity contribution >= 4 is 44.6 Å². The van der Waals surface area contributed by atoms with E-state index >= 15 is 0 Å². The van der Waals surface area contributed by atoms with Gasteiger partial charge in [-0.25, -0.2) is 9.78 Å². The number of thiazole rings is 1. The third kappa shape index (κ3) is 4.73. The van der Waals surface area contributed by atoms with Crippen molar-refractivity contribution in [1.29, 1.82) is 0 Å². The molecular weight excluding hydrogens is 398 g/mol. The van der Waals surface area contributed by atoms with Crippen LogP contribution in [0.25, 0.3) is 0 Å². The number of anilines is 1. The Morgan fingerprint density at radius 3 is 2.68 bits per heavy atom. The predicted molar refractivity (Wildman–Crippen MR) is 74.4 cm³/mol. The molecule has 2 N–H and O–H groups in total. The molecule has 1 aromatic heterocycles. The van der Waals surface area contributed by atoms with E-state index in [0.717, 1.165) is 10.0 Å². The highest BCUT2D eigenvalue weighted by atomic mass is 79.9. The van der Waals surface area contributed by atoms with Gasteiger partial charge in [0, 0.05) is 9.85 Å². The molecule has 0 bridgehead atoms. The SMILES string of the molecule is O=C(O)c1csc(NN=Cc2ccc(Br)cc2)n1.[Br-]. The van der Waals surface area contributed by atoms with Crippen molar-refractivity contribution in [3.8, 4) is 0 Å². The van der Waals surface area contributed by atoms with Crippen molar-refractivity contribution in [2.45, 2.75) is 0 Å². The van der Waals surface area contributed by atoms with Crippen LogP contribution in [0.1, 0.15) is 16.1 Å². The molecule has 0 amide bonds. The molecule has 8 heteroatoms. The van der Waals surface area contributed by atoms with Crippen LogP contribution in [0.2, 0.25) is 0 Å². The fourth-order valence-corrected chi connectivity index (χ4v) is 2.03. The van der Waals surface area contributed by atoms with E-state index in [2.05, 4.69) is 31.4 Å². The number of carbonyl (C=O) groups is 1. The zero-order valence-corrected chi connectivity index (χ0v) is 13.4. The molecule has 5 nitrogen and oxygen atoms in total. The van der Waals surface area contributed by atoms with Gasteiger partial charge in [0.1, 0.15) is 0 Å². The number of carboxylic acid groups (broad SMARTS) is 1. The molecular formula is C11H8Br2N3O2S-. The summed E-state index contributed by atoms with van der Waals surface area (Å²) in [4.78, 5) is 14.5. The van der Waals surface area contributed by atoms with Crippen molar-refractivity contribution in [2.75, 3.05) is 5.43 Å². The first-order valence-electron chi connectivity index (χ1n) is 4.88. The standard InChI is InChI=1S/C11H8BrN3O2S.BrH/c12-8-3-1-7(2-4-8)5-13-15-11-14-9(6-18-11)10(16)17;/h1-6H,(H,14,15)(H,16,17);1H/p-1. The van der Waals surface area contributed by atoms with Gasteiger partial charge in [-0.1, -0.05) is 28.1 Å². The summed E-state index contributed by atoms with van der Waals surface area (Å²) in [6.07, 6.45) is 1.63. The van der Waals surface area contributed by atoms with Gasteiger partial charge in [-0.05, 0) is 17.7 Å². The first kappa shape index (κ1) is 15.8. The van der Waals surface area contributed by atoms with Crippen LogP contribution in [-0.4, -0.2) is 22.3 Å². The van der Waals surface area contributed by atoms with Gasteiger partial charge in [-0.15, -0.1) is 11.3 Å². The smallest absolute Gasteiger partial charge is 0.355 e. The minimum atomic E-state index is -1.05. The molecule has 19 heavy (non-hydrogen) atoms. The van der Waals surface area contributed by atoms with E-state index in [1.807, 2.05) is 24.3 Å². The molecule has 0 unspecified atom stereocenters. The number of hydrazone groups is 1. The fourth-order valence-electron chi connectivity index (χ4n) is 1.13. The van der Waals surface area contributed by atoms with Crippen LogP contribution < -0.4 is 22.4 Å². The van der Waals surface area contributed by atoms with E-state index in [4.69, 9.17) is 5.11 Å². The molecule has 0 fully saturated rings. The Morgan fingerprint density at radius 1 is 1.42 bits per heavy atom. The normalized spacial score (nSPS) is 10.2. The molecule has 1 heterocycles. The highest BCUT2D eigenvalue weighted by molar-refractivity contribution is 9.10. The van der Waals surface area contributed by atoms with E-state index in [1.165, 1.54) is 16.7 Å². The average Bonchev–Trinajstić information content (AvgIpc) is 2.81. The molecule has 0 spiro atoms. The highest BCUT2D eigenvalue weighted by Crippen LogP contribution is 2.15. The zero-order valence-electron chi connectivity index (χ0n) is 9.38. The summed E-state index contributed by atoms with van der Waals surface area (Å²) < 4.78 is 0.999. The Morgan fingerprint density at radius 2 is 2.11 bits per heavy atom. The van der Waals surface area contributed by atoms with Crippen LogP contribution in [0, 0.1) is 0 Å². The molecule has 0 aliphatic heterocycles. The third-order valence-corrected chi connectivity index (χ3v) is 3.24. The predicted octanol–water partition coefficient (Wildman–Crippen LogP) is 0.0538. The van der Waals surface area contributed by atoms with E-state index < -0.39 is 5.97 Å². The summed E-state index contributed by atoms with van der Waals surface area (Å²) in [5.41, 5.74) is 3.63. The Hall–Kier alpha value is -1.25. The van der Waals surface area contributed by atoms with Gasteiger partial charge in [-0.2, -0.15) is 5.10 Å². The molecule has 0 saturated carbocycles. The molecule has 2 aromatic rings. The van der Waals surface area contributed by atoms with Crippen molar-refractivity contribution in [1.82, 2.24) is 4.98 Å². The number of rotatable bonds is 4. The van der Waals surface area contributed by atoms with E-state index in [1.54, 1.807) is 6.21 Å². The monoisotopic (exact) mass is 404 g/mol. The topological polar surface area (TPSA) is 74.6 Å². The quantitative estimate of drug-likeness (QED) is 0.557. The minimum Gasteiger partial charge on any atom is -1.00 e. The van der Waals surface area contributed by atoms with Crippen LogP contribution >= 0.6 is 27.3 Å². The van der Waals surface area contributed by atoms with Gasteiger partial charge < -0.3 is 22.1 Å². The van der Waals surface area contributed by atoms with Crippen LogP contribution in [0.5, 0.6) is 0 Å². The average molecular weight is 406 g/mol. The number of aromatic carboxylic acids is 1. The Bertz CT molecular complexity index is 584. The Balaban J connectivity index is 0.00000180. The molecule has 0 aliphatic carbocycles. The summed E-state index contributed by atoms with van der Waals surface area (Å²) in [7, 11) is 0. The van der Waals surface area contributed by atoms with Crippen LogP contribution in [0.4, 0.5) is 5.13 Å². The van der Waals surface area contributed by atoms with Gasteiger partial charge >= 0.3 is 5.97 Å². The summed E-state index contributed by atoms with van der Waals surface area (Å²) in [5.74, 6) is -1.05. The van der Waals surface area contributed by atoms with Gasteiger partial charge in [0.2, 0.25) is 5.13 Å². The largest absolute Gasteiger partial charge is 1.00 e. The lowest BCUT2D eigenvalue weighted by molar-refractivity contribution is -0.0000188. The first-order chi connectivity index (χ1) is 8.65. The summed E-state index contributed by atoms with van der Waals surface area (Å²) in [6.45, 7) is 0. The van der Waals surface area contributed by atoms with E-state index in [-0.39, 0.29) is 22.7 Å². The lowest BCUT2D eigenvalue weighted by atomic mass is 10.2. The maximum Gasteiger partial charge on any atom is 0.355 e. The molecule has 2 rings (SSSR count). The Kier molecular flexibility index (Phi) is 6.13. The molecule has 0 aliphatic rings. The van der Waals surface area contributed by atoms with Crippen LogP contribution in [-0.2, 0) is 0 Å². The number of aromatic nitrogens is 1. The second-order valence-corrected chi connectivity index (χ2v) is 5.04. The highest BCUT2D eigenvalue weighted by Gasteiger charge is 2.07. The number of nitrogens with zero attached hydrogens (tertiary/aromatic N) is 2. The number of benzene rings is 1. The minimum absolute atomic E-state index is 0. The molecule has 0 atom stereocenters. The van der Waals surface area contributed by atoms with Gasteiger partial charge in [0.25, 0.3) is 0 Å². The first-order valence-corrected chi connectivity index (χ1v) is 6.56. The summed E-state index contributed by atoms with van der Waals surface area (Å²) >= 11 is 4.53. The van der Waals surface area contributed by atoms with Crippen molar-refractivity contribution < 1.29 is 26.9 Å². The molecule has 1 aromatic carbocycles. The zero-order chi connectivity index (χ0) is 13.0. The number of halogens is 2.